The zero-order valence-corrected chi connectivity index (χ0v) is 17.6. The number of carbonyl (C=O) groups excluding carboxylic acids is 1. The Labute approximate surface area is 163 Å². The van der Waals surface area contributed by atoms with Crippen molar-refractivity contribution in [2.75, 3.05) is 13.2 Å². The summed E-state index contributed by atoms with van der Waals surface area (Å²) in [5.74, 6) is 0.523. The first-order chi connectivity index (χ1) is 12.6. The largest absolute Gasteiger partial charge is 0.465 e. The summed E-state index contributed by atoms with van der Waals surface area (Å²) in [6.07, 6.45) is 18.7. The van der Waals surface area contributed by atoms with Gasteiger partial charge >= 0.3 is 5.97 Å². The van der Waals surface area contributed by atoms with Crippen molar-refractivity contribution in [2.24, 2.45) is 11.8 Å². The quantitative estimate of drug-likeness (QED) is 0.209. The summed E-state index contributed by atoms with van der Waals surface area (Å²) >= 11 is 0. The van der Waals surface area contributed by atoms with Crippen LogP contribution >= 0.6 is 0 Å². The highest BCUT2D eigenvalue weighted by molar-refractivity contribution is 5.69. The Balaban J connectivity index is 3.82. The maximum atomic E-state index is 11.6. The third-order valence-corrected chi connectivity index (χ3v) is 5.16. The summed E-state index contributed by atoms with van der Waals surface area (Å²) in [5.41, 5.74) is 0. The summed E-state index contributed by atoms with van der Waals surface area (Å²) < 4.78 is 5.11. The van der Waals surface area contributed by atoms with Crippen LogP contribution in [0.2, 0.25) is 0 Å². The molecular formula is C23H45O3. The van der Waals surface area contributed by atoms with Crippen molar-refractivity contribution in [2.45, 2.75) is 110 Å². The van der Waals surface area contributed by atoms with Crippen LogP contribution in [0, 0.1) is 18.8 Å². The zero-order chi connectivity index (χ0) is 19.5. The lowest BCUT2D eigenvalue weighted by Gasteiger charge is -2.17. The van der Waals surface area contributed by atoms with Crippen LogP contribution in [-0.4, -0.2) is 24.3 Å². The molecule has 0 aliphatic carbocycles. The van der Waals surface area contributed by atoms with E-state index in [2.05, 4.69) is 20.8 Å². The molecule has 0 spiro atoms. The topological polar surface area (TPSA) is 46.5 Å². The van der Waals surface area contributed by atoms with Crippen molar-refractivity contribution in [3.05, 3.63) is 6.92 Å². The smallest absolute Gasteiger partial charge is 0.305 e. The molecule has 3 nitrogen and oxygen atoms in total. The predicted octanol–water partition coefficient (Wildman–Crippen LogP) is 6.48. The molecule has 26 heavy (non-hydrogen) atoms. The molecule has 0 amide bonds. The van der Waals surface area contributed by atoms with Crippen molar-refractivity contribution in [1.29, 1.82) is 0 Å². The summed E-state index contributed by atoms with van der Waals surface area (Å²) in [6.45, 7) is 8.44. The van der Waals surface area contributed by atoms with E-state index in [-0.39, 0.29) is 25.1 Å². The van der Waals surface area contributed by atoms with E-state index in [1.54, 1.807) is 0 Å². The fraction of sp³-hybridized carbons (Fsp3) is 0.913. The average Bonchev–Trinajstić information content (AvgIpc) is 2.65. The lowest BCUT2D eigenvalue weighted by molar-refractivity contribution is -0.145. The van der Waals surface area contributed by atoms with Crippen molar-refractivity contribution >= 4 is 5.97 Å². The van der Waals surface area contributed by atoms with Crippen LogP contribution in [0.3, 0.4) is 0 Å². The number of aliphatic hydroxyl groups is 1. The fourth-order valence-electron chi connectivity index (χ4n) is 3.37. The molecule has 1 atom stereocenters. The second-order valence-electron chi connectivity index (χ2n) is 7.90. The Morgan fingerprint density at radius 1 is 0.846 bits per heavy atom. The number of unbranched alkanes of at least 4 members (excludes halogenated alkanes) is 8. The van der Waals surface area contributed by atoms with Gasteiger partial charge in [-0.3, -0.25) is 4.79 Å². The number of esters is 1. The van der Waals surface area contributed by atoms with E-state index in [0.29, 0.717) is 6.42 Å². The molecule has 0 aliphatic heterocycles. The van der Waals surface area contributed by atoms with Gasteiger partial charge in [0.1, 0.15) is 0 Å². The van der Waals surface area contributed by atoms with Gasteiger partial charge in [0.25, 0.3) is 0 Å². The van der Waals surface area contributed by atoms with Gasteiger partial charge in [0, 0.05) is 18.9 Å². The zero-order valence-electron chi connectivity index (χ0n) is 17.6. The van der Waals surface area contributed by atoms with E-state index < -0.39 is 0 Å². The SMILES string of the molecule is [CH2]C(CO)COC(=O)CCCCCC(CCCCCC)CCCCCC. The van der Waals surface area contributed by atoms with Gasteiger partial charge < -0.3 is 9.84 Å². The van der Waals surface area contributed by atoms with Gasteiger partial charge in [0.15, 0.2) is 0 Å². The lowest BCUT2D eigenvalue weighted by atomic mass is 9.89. The highest BCUT2D eigenvalue weighted by atomic mass is 16.5. The first-order valence-electron chi connectivity index (χ1n) is 11.2. The summed E-state index contributed by atoms with van der Waals surface area (Å²) in [7, 11) is 0. The molecule has 0 rings (SSSR count). The molecule has 3 heteroatoms. The molecule has 0 bridgehead atoms. The summed E-state index contributed by atoms with van der Waals surface area (Å²) in [4.78, 5) is 11.6. The summed E-state index contributed by atoms with van der Waals surface area (Å²) in [5, 5.41) is 8.87. The van der Waals surface area contributed by atoms with E-state index in [1.165, 1.54) is 77.0 Å². The van der Waals surface area contributed by atoms with E-state index in [9.17, 15) is 4.79 Å². The van der Waals surface area contributed by atoms with Crippen LogP contribution in [0.1, 0.15) is 110 Å². The maximum absolute atomic E-state index is 11.6. The van der Waals surface area contributed by atoms with Gasteiger partial charge in [-0.05, 0) is 19.3 Å². The number of carbonyl (C=O) groups is 1. The average molecular weight is 370 g/mol. The standard InChI is InChI=1S/C23H45O3/c1-4-6-8-11-15-22(16-12-9-7-5-2)17-13-10-14-18-23(25)26-20-21(3)19-24/h21-22,24H,3-20H2,1-2H3. The minimum absolute atomic E-state index is 0.0365. The first kappa shape index (κ1) is 25.4. The number of rotatable bonds is 19. The summed E-state index contributed by atoms with van der Waals surface area (Å²) in [6, 6.07) is 0. The molecule has 0 saturated carbocycles. The molecule has 0 aromatic rings. The third-order valence-electron chi connectivity index (χ3n) is 5.16. The van der Waals surface area contributed by atoms with Crippen LogP contribution in [0.5, 0.6) is 0 Å². The molecule has 0 aromatic carbocycles. The van der Waals surface area contributed by atoms with Crippen molar-refractivity contribution < 1.29 is 14.6 Å². The lowest BCUT2D eigenvalue weighted by Crippen LogP contribution is -2.14. The van der Waals surface area contributed by atoms with Gasteiger partial charge in [-0.2, -0.15) is 0 Å². The fourth-order valence-corrected chi connectivity index (χ4v) is 3.37. The normalized spacial score (nSPS) is 12.5. The van der Waals surface area contributed by atoms with Crippen LogP contribution in [0.15, 0.2) is 0 Å². The minimum atomic E-state index is -0.208. The number of hydrogen-bond donors (Lipinski definition) is 1. The van der Waals surface area contributed by atoms with Crippen LogP contribution in [0.4, 0.5) is 0 Å². The van der Waals surface area contributed by atoms with Crippen LogP contribution in [-0.2, 0) is 9.53 Å². The first-order valence-corrected chi connectivity index (χ1v) is 11.2. The highest BCUT2D eigenvalue weighted by Crippen LogP contribution is 2.24. The van der Waals surface area contributed by atoms with Gasteiger partial charge in [-0.15, -0.1) is 0 Å². The minimum Gasteiger partial charge on any atom is -0.465 e. The van der Waals surface area contributed by atoms with Crippen LogP contribution < -0.4 is 0 Å². The van der Waals surface area contributed by atoms with E-state index in [4.69, 9.17) is 9.84 Å². The second kappa shape index (κ2) is 19.2. The number of aliphatic hydroxyl groups excluding tert-OH is 1. The molecule has 1 N–H and O–H groups in total. The molecule has 0 aliphatic rings. The van der Waals surface area contributed by atoms with Crippen molar-refractivity contribution in [3.8, 4) is 0 Å². The number of ether oxygens (including phenoxy) is 1. The molecule has 1 radical (unpaired) electrons. The van der Waals surface area contributed by atoms with Gasteiger partial charge in [-0.1, -0.05) is 97.3 Å². The van der Waals surface area contributed by atoms with Crippen molar-refractivity contribution in [3.63, 3.8) is 0 Å². The van der Waals surface area contributed by atoms with Gasteiger partial charge in [0.2, 0.25) is 0 Å². The van der Waals surface area contributed by atoms with Gasteiger partial charge in [0.05, 0.1) is 6.61 Å². The van der Waals surface area contributed by atoms with Crippen molar-refractivity contribution in [1.82, 2.24) is 0 Å². The molecule has 155 valence electrons. The molecular weight excluding hydrogens is 324 g/mol. The molecule has 0 saturated heterocycles. The van der Waals surface area contributed by atoms with E-state index >= 15 is 0 Å². The molecule has 0 aromatic heterocycles. The molecule has 1 unspecified atom stereocenters. The highest BCUT2D eigenvalue weighted by Gasteiger charge is 2.10. The Bertz CT molecular complexity index is 292. The van der Waals surface area contributed by atoms with E-state index in [0.717, 1.165) is 18.8 Å². The number of hydrogen-bond acceptors (Lipinski definition) is 3. The Morgan fingerprint density at radius 3 is 1.81 bits per heavy atom. The Hall–Kier alpha value is -0.570. The second-order valence-corrected chi connectivity index (χ2v) is 7.90. The maximum Gasteiger partial charge on any atom is 0.305 e. The Kier molecular flexibility index (Phi) is 18.8. The van der Waals surface area contributed by atoms with E-state index in [1.807, 2.05) is 0 Å². The molecule has 0 heterocycles. The third kappa shape index (κ3) is 16.9. The van der Waals surface area contributed by atoms with Crippen LogP contribution in [0.25, 0.3) is 0 Å². The van der Waals surface area contributed by atoms with Gasteiger partial charge in [-0.25, -0.2) is 0 Å². The Morgan fingerprint density at radius 2 is 1.35 bits per heavy atom. The molecule has 0 fully saturated rings. The monoisotopic (exact) mass is 369 g/mol. The predicted molar refractivity (Wildman–Crippen MR) is 111 cm³/mol.